The number of hydrogen-bond donors (Lipinski definition) is 2. The number of sulfonamides is 1. The van der Waals surface area contributed by atoms with Gasteiger partial charge >= 0.3 is 0 Å². The molecule has 2 aromatic rings. The van der Waals surface area contributed by atoms with Crippen LogP contribution in [0.25, 0.3) is 0 Å². The van der Waals surface area contributed by atoms with Crippen molar-refractivity contribution in [2.75, 3.05) is 18.4 Å². The van der Waals surface area contributed by atoms with Crippen LogP contribution in [0, 0.1) is 0 Å². The van der Waals surface area contributed by atoms with Crippen molar-refractivity contribution in [3.63, 3.8) is 0 Å². The standard InChI is InChI=1S/C23H27N3O5S/c1-15-13-26(14-16(2)31-15)32(29,30)21-10-6-17(7-11-21)22(27)25-20-5-3-4-18(12-20)23(28)24-19-8-9-19/h3-7,10-12,15-16,19H,8-9,13-14H2,1-2H3,(H,24,28)(H,25,27). The monoisotopic (exact) mass is 457 g/mol. The predicted molar refractivity (Wildman–Crippen MR) is 120 cm³/mol. The fourth-order valence-electron chi connectivity index (χ4n) is 3.69. The molecule has 1 saturated carbocycles. The molecule has 0 bridgehead atoms. The van der Waals surface area contributed by atoms with Crippen LogP contribution in [-0.2, 0) is 14.8 Å². The van der Waals surface area contributed by atoms with Crippen LogP contribution in [0.2, 0.25) is 0 Å². The summed E-state index contributed by atoms with van der Waals surface area (Å²) < 4.78 is 33.0. The molecular formula is C23H27N3O5S. The van der Waals surface area contributed by atoms with Gasteiger partial charge in [-0.3, -0.25) is 9.59 Å². The lowest BCUT2D eigenvalue weighted by Crippen LogP contribution is -2.48. The Balaban J connectivity index is 1.44. The molecule has 32 heavy (non-hydrogen) atoms. The van der Waals surface area contributed by atoms with Crippen LogP contribution in [0.4, 0.5) is 5.69 Å². The number of ether oxygens (including phenoxy) is 1. The van der Waals surface area contributed by atoms with E-state index >= 15 is 0 Å². The molecule has 8 nitrogen and oxygen atoms in total. The predicted octanol–water partition coefficient (Wildman–Crippen LogP) is 2.63. The van der Waals surface area contributed by atoms with E-state index in [0.29, 0.717) is 29.9 Å². The molecular weight excluding hydrogens is 430 g/mol. The minimum Gasteiger partial charge on any atom is -0.373 e. The Hall–Kier alpha value is -2.75. The molecule has 9 heteroatoms. The summed E-state index contributed by atoms with van der Waals surface area (Å²) in [5.74, 6) is -0.549. The van der Waals surface area contributed by atoms with E-state index in [9.17, 15) is 18.0 Å². The number of rotatable bonds is 6. The Morgan fingerprint density at radius 3 is 2.22 bits per heavy atom. The van der Waals surface area contributed by atoms with Gasteiger partial charge in [0.15, 0.2) is 0 Å². The zero-order valence-electron chi connectivity index (χ0n) is 18.1. The molecule has 0 aromatic heterocycles. The van der Waals surface area contributed by atoms with Crippen molar-refractivity contribution < 1.29 is 22.7 Å². The summed E-state index contributed by atoms with van der Waals surface area (Å²) in [4.78, 5) is 25.0. The van der Waals surface area contributed by atoms with Crippen molar-refractivity contribution in [2.45, 2.75) is 49.8 Å². The Morgan fingerprint density at radius 1 is 0.938 bits per heavy atom. The van der Waals surface area contributed by atoms with Crippen LogP contribution < -0.4 is 10.6 Å². The first kappa shape index (κ1) is 22.4. The quantitative estimate of drug-likeness (QED) is 0.694. The molecule has 1 heterocycles. The van der Waals surface area contributed by atoms with Crippen molar-refractivity contribution in [2.24, 2.45) is 0 Å². The molecule has 2 atom stereocenters. The second-order valence-electron chi connectivity index (χ2n) is 8.39. The molecule has 0 spiro atoms. The van der Waals surface area contributed by atoms with E-state index in [0.717, 1.165) is 12.8 Å². The van der Waals surface area contributed by atoms with E-state index in [1.165, 1.54) is 28.6 Å². The third kappa shape index (κ3) is 5.17. The van der Waals surface area contributed by atoms with Gasteiger partial charge in [-0.05, 0) is 69.2 Å². The molecule has 0 radical (unpaired) electrons. The normalized spacial score (nSPS) is 21.7. The number of nitrogens with zero attached hydrogens (tertiary/aromatic N) is 1. The highest BCUT2D eigenvalue weighted by atomic mass is 32.2. The smallest absolute Gasteiger partial charge is 0.255 e. The maximum absolute atomic E-state index is 13.0. The average Bonchev–Trinajstić information content (AvgIpc) is 3.57. The van der Waals surface area contributed by atoms with Crippen molar-refractivity contribution in [3.05, 3.63) is 59.7 Å². The molecule has 1 saturated heterocycles. The molecule has 1 aliphatic heterocycles. The van der Waals surface area contributed by atoms with Crippen LogP contribution in [0.1, 0.15) is 47.4 Å². The summed E-state index contributed by atoms with van der Waals surface area (Å²) in [7, 11) is -3.67. The zero-order chi connectivity index (χ0) is 22.9. The van der Waals surface area contributed by atoms with Gasteiger partial charge in [0.05, 0.1) is 17.1 Å². The average molecular weight is 458 g/mol. The highest BCUT2D eigenvalue weighted by molar-refractivity contribution is 7.89. The summed E-state index contributed by atoms with van der Waals surface area (Å²) in [6.07, 6.45) is 1.64. The van der Waals surface area contributed by atoms with Gasteiger partial charge < -0.3 is 15.4 Å². The highest BCUT2D eigenvalue weighted by Crippen LogP contribution is 2.22. The number of anilines is 1. The molecule has 4 rings (SSSR count). The van der Waals surface area contributed by atoms with Crippen molar-refractivity contribution in [1.82, 2.24) is 9.62 Å². The summed E-state index contributed by atoms with van der Waals surface area (Å²) in [5.41, 5.74) is 1.29. The van der Waals surface area contributed by atoms with Crippen LogP contribution in [0.3, 0.4) is 0 Å². The van der Waals surface area contributed by atoms with Gasteiger partial charge in [0.2, 0.25) is 10.0 Å². The molecule has 170 valence electrons. The Labute approximate surface area is 188 Å². The SMILES string of the molecule is CC1CN(S(=O)(=O)c2ccc(C(=O)Nc3cccc(C(=O)NC4CC4)c3)cc2)CC(C)O1. The number of morpholine rings is 1. The van der Waals surface area contributed by atoms with E-state index in [1.54, 1.807) is 24.3 Å². The fourth-order valence-corrected chi connectivity index (χ4v) is 5.28. The first-order valence-corrected chi connectivity index (χ1v) is 12.1. The van der Waals surface area contributed by atoms with Crippen LogP contribution in [0.5, 0.6) is 0 Å². The lowest BCUT2D eigenvalue weighted by atomic mass is 10.1. The third-order valence-electron chi connectivity index (χ3n) is 5.44. The molecule has 2 amide bonds. The summed E-state index contributed by atoms with van der Waals surface area (Å²) >= 11 is 0. The Bertz CT molecular complexity index is 1100. The van der Waals surface area contributed by atoms with Crippen molar-refractivity contribution in [3.8, 4) is 0 Å². The number of carbonyl (C=O) groups is 2. The Kier molecular flexibility index (Phi) is 6.32. The summed E-state index contributed by atoms with van der Waals surface area (Å²) in [5, 5.41) is 5.68. The van der Waals surface area contributed by atoms with E-state index < -0.39 is 10.0 Å². The lowest BCUT2D eigenvalue weighted by molar-refractivity contribution is -0.0440. The van der Waals surface area contributed by atoms with Gasteiger partial charge in [-0.25, -0.2) is 8.42 Å². The van der Waals surface area contributed by atoms with E-state index in [1.807, 2.05) is 13.8 Å². The number of nitrogens with one attached hydrogen (secondary N) is 2. The number of hydrogen-bond acceptors (Lipinski definition) is 5. The van der Waals surface area contributed by atoms with Gasteiger partial charge in [0.25, 0.3) is 11.8 Å². The molecule has 2 unspecified atom stereocenters. The van der Waals surface area contributed by atoms with Crippen molar-refractivity contribution in [1.29, 1.82) is 0 Å². The van der Waals surface area contributed by atoms with Crippen LogP contribution >= 0.6 is 0 Å². The Morgan fingerprint density at radius 2 is 1.59 bits per heavy atom. The third-order valence-corrected chi connectivity index (χ3v) is 7.28. The van der Waals surface area contributed by atoms with Gasteiger partial charge in [-0.2, -0.15) is 4.31 Å². The topological polar surface area (TPSA) is 105 Å². The first-order valence-electron chi connectivity index (χ1n) is 10.7. The van der Waals surface area contributed by atoms with Gasteiger partial charge in [0.1, 0.15) is 0 Å². The van der Waals surface area contributed by atoms with Crippen LogP contribution in [0.15, 0.2) is 53.4 Å². The maximum Gasteiger partial charge on any atom is 0.255 e. The van der Waals surface area contributed by atoms with Crippen molar-refractivity contribution >= 4 is 27.5 Å². The molecule has 2 fully saturated rings. The van der Waals surface area contributed by atoms with E-state index in [4.69, 9.17) is 4.74 Å². The zero-order valence-corrected chi connectivity index (χ0v) is 18.9. The largest absolute Gasteiger partial charge is 0.373 e. The highest BCUT2D eigenvalue weighted by Gasteiger charge is 2.32. The number of carbonyl (C=O) groups excluding carboxylic acids is 2. The summed E-state index contributed by atoms with van der Waals surface area (Å²) in [6.45, 7) is 4.27. The number of amides is 2. The van der Waals surface area contributed by atoms with E-state index in [-0.39, 0.29) is 35.0 Å². The minimum atomic E-state index is -3.67. The van der Waals surface area contributed by atoms with Gasteiger partial charge in [-0.15, -0.1) is 0 Å². The molecule has 2 aromatic carbocycles. The lowest BCUT2D eigenvalue weighted by Gasteiger charge is -2.34. The van der Waals surface area contributed by atoms with E-state index in [2.05, 4.69) is 10.6 Å². The molecule has 2 N–H and O–H groups in total. The fraction of sp³-hybridized carbons (Fsp3) is 0.391. The molecule has 2 aliphatic rings. The van der Waals surface area contributed by atoms with Gasteiger partial charge in [0, 0.05) is 35.9 Å². The van der Waals surface area contributed by atoms with Crippen LogP contribution in [-0.4, -0.2) is 55.9 Å². The maximum atomic E-state index is 13.0. The second kappa shape index (κ2) is 9.01. The first-order chi connectivity index (χ1) is 15.2. The minimum absolute atomic E-state index is 0.133. The summed E-state index contributed by atoms with van der Waals surface area (Å²) in [6, 6.07) is 12.8. The van der Waals surface area contributed by atoms with Gasteiger partial charge in [-0.1, -0.05) is 6.07 Å². The number of benzene rings is 2. The second-order valence-corrected chi connectivity index (χ2v) is 10.3. The molecule has 1 aliphatic carbocycles.